The number of halogens is 1. The van der Waals surface area contributed by atoms with E-state index >= 15 is 0 Å². The lowest BCUT2D eigenvalue weighted by Gasteiger charge is -2.39. The molecule has 2 fully saturated rings. The predicted molar refractivity (Wildman–Crippen MR) is 160 cm³/mol. The highest BCUT2D eigenvalue weighted by Crippen LogP contribution is 2.39. The number of hydrogen-bond donors (Lipinski definition) is 1. The van der Waals surface area contributed by atoms with Gasteiger partial charge in [-0.2, -0.15) is 5.26 Å². The van der Waals surface area contributed by atoms with Gasteiger partial charge < -0.3 is 29.4 Å². The number of hydrogen-bond acceptors (Lipinski definition) is 8. The largest absolute Gasteiger partial charge is 0.508 e. The minimum Gasteiger partial charge on any atom is -0.508 e. The number of ether oxygens (including phenoxy) is 1. The van der Waals surface area contributed by atoms with Crippen LogP contribution in [0.5, 0.6) is 11.6 Å². The molecule has 0 spiro atoms. The number of amides is 1. The molecule has 0 aliphatic carbocycles. The number of carbonyl (C=O) groups excluding carboxylic acids is 1. The van der Waals surface area contributed by atoms with Gasteiger partial charge in [-0.05, 0) is 62.5 Å². The number of likely N-dealkylation sites (N-methyl/N-ethyl adjacent to an activating group) is 1. The maximum absolute atomic E-state index is 13.5. The van der Waals surface area contributed by atoms with Crippen LogP contribution in [0.3, 0.4) is 0 Å². The first-order chi connectivity index (χ1) is 20.3. The van der Waals surface area contributed by atoms with Crippen molar-refractivity contribution in [1.29, 1.82) is 5.26 Å². The van der Waals surface area contributed by atoms with Gasteiger partial charge in [-0.1, -0.05) is 18.7 Å². The highest BCUT2D eigenvalue weighted by Gasteiger charge is 2.32. The average molecular weight is 571 g/mol. The summed E-state index contributed by atoms with van der Waals surface area (Å²) in [7, 11) is 2.09. The fraction of sp³-hybridized carbons (Fsp3) is 0.406. The summed E-state index contributed by atoms with van der Waals surface area (Å²) < 4.78 is 19.9. The van der Waals surface area contributed by atoms with Crippen LogP contribution in [0, 0.1) is 11.3 Å². The molecule has 10 heteroatoms. The van der Waals surface area contributed by atoms with E-state index < -0.39 is 11.7 Å². The van der Waals surface area contributed by atoms with Gasteiger partial charge in [0.15, 0.2) is 5.83 Å². The van der Waals surface area contributed by atoms with Gasteiger partial charge in [0.05, 0.1) is 17.9 Å². The fourth-order valence-electron chi connectivity index (χ4n) is 6.49. The zero-order valence-electron chi connectivity index (χ0n) is 23.9. The maximum Gasteiger partial charge on any atom is 0.282 e. The number of nitriles is 1. The smallest absolute Gasteiger partial charge is 0.282 e. The molecular formula is C32H35FN6O3. The zero-order chi connectivity index (χ0) is 29.4. The van der Waals surface area contributed by atoms with Crippen LogP contribution in [0.4, 0.5) is 15.8 Å². The Hall–Kier alpha value is -4.36. The number of likely N-dealkylation sites (tertiary alicyclic amines) is 1. The van der Waals surface area contributed by atoms with E-state index in [-0.39, 0.29) is 11.8 Å². The Balaban J connectivity index is 1.36. The third-order valence-electron chi connectivity index (χ3n) is 8.79. The molecule has 2 aromatic carbocycles. The molecule has 0 bridgehead atoms. The van der Waals surface area contributed by atoms with Gasteiger partial charge in [-0.3, -0.25) is 4.79 Å². The standard InChI is InChI=1S/C32H35FN6O3/c1-21(33)32(41)38-15-13-37(14-16-38)30-26-10-12-39(29-7-3-5-22-17-24(40)8-9-25(22)29)19-28(26)35-31(27(30)18-34)42-20-23-6-4-11-36(23)2/h3,5,7-9,17,23,40H,1,4,6,10-16,19-20H2,2H3. The summed E-state index contributed by atoms with van der Waals surface area (Å²) in [6, 6.07) is 14.1. The molecule has 0 radical (unpaired) electrons. The van der Waals surface area contributed by atoms with Gasteiger partial charge in [0.25, 0.3) is 5.91 Å². The molecule has 0 saturated carbocycles. The summed E-state index contributed by atoms with van der Waals surface area (Å²) in [5.74, 6) is -1.08. The second-order valence-electron chi connectivity index (χ2n) is 11.3. The van der Waals surface area contributed by atoms with Crippen LogP contribution in [-0.2, 0) is 17.8 Å². The maximum atomic E-state index is 13.5. The lowest BCUT2D eigenvalue weighted by Crippen LogP contribution is -2.49. The number of aromatic nitrogens is 1. The number of benzene rings is 2. The Kier molecular flexibility index (Phi) is 7.60. The number of phenols is 1. The Labute approximate surface area is 245 Å². The van der Waals surface area contributed by atoms with E-state index in [0.29, 0.717) is 57.2 Å². The number of nitrogens with zero attached hydrogens (tertiary/aromatic N) is 6. The van der Waals surface area contributed by atoms with Gasteiger partial charge in [0.1, 0.15) is 24.0 Å². The Morgan fingerprint density at radius 1 is 1.17 bits per heavy atom. The highest BCUT2D eigenvalue weighted by atomic mass is 19.1. The van der Waals surface area contributed by atoms with Crippen LogP contribution in [0.15, 0.2) is 48.8 Å². The third kappa shape index (κ3) is 5.21. The molecule has 1 aromatic heterocycles. The Bertz CT molecular complexity index is 1580. The van der Waals surface area contributed by atoms with E-state index in [9.17, 15) is 19.6 Å². The molecule has 2 saturated heterocycles. The van der Waals surface area contributed by atoms with Crippen molar-refractivity contribution in [3.8, 4) is 17.7 Å². The monoisotopic (exact) mass is 570 g/mol. The van der Waals surface area contributed by atoms with Gasteiger partial charge in [0, 0.05) is 55.4 Å². The van der Waals surface area contributed by atoms with Crippen molar-refractivity contribution in [2.45, 2.75) is 31.8 Å². The second kappa shape index (κ2) is 11.5. The lowest BCUT2D eigenvalue weighted by atomic mass is 9.97. The van der Waals surface area contributed by atoms with E-state index in [1.807, 2.05) is 18.2 Å². The number of rotatable bonds is 6. The van der Waals surface area contributed by atoms with Crippen LogP contribution < -0.4 is 14.5 Å². The van der Waals surface area contributed by atoms with Crippen LogP contribution >= 0.6 is 0 Å². The number of pyridine rings is 1. The number of piperazine rings is 1. The summed E-state index contributed by atoms with van der Waals surface area (Å²) in [5.41, 5.74) is 4.15. The molecule has 42 heavy (non-hydrogen) atoms. The summed E-state index contributed by atoms with van der Waals surface area (Å²) in [4.78, 5) is 25.3. The number of carbonyl (C=O) groups is 1. The minimum atomic E-state index is -0.959. The summed E-state index contributed by atoms with van der Waals surface area (Å²) in [6.45, 7) is 7.49. The average Bonchev–Trinajstić information content (AvgIpc) is 3.42. The first-order valence-electron chi connectivity index (χ1n) is 14.5. The molecule has 218 valence electrons. The summed E-state index contributed by atoms with van der Waals surface area (Å²) in [5, 5.41) is 22.4. The molecule has 3 aliphatic heterocycles. The third-order valence-corrected chi connectivity index (χ3v) is 8.79. The second-order valence-corrected chi connectivity index (χ2v) is 11.3. The summed E-state index contributed by atoms with van der Waals surface area (Å²) in [6.07, 6.45) is 2.83. The molecule has 1 atom stereocenters. The molecule has 3 aliphatic rings. The molecular weight excluding hydrogens is 535 g/mol. The van der Waals surface area contributed by atoms with Crippen molar-refractivity contribution in [2.75, 3.05) is 62.7 Å². The van der Waals surface area contributed by atoms with Crippen LogP contribution in [0.2, 0.25) is 0 Å². The number of phenolic OH excluding ortho intramolecular Hbond substituents is 1. The fourth-order valence-corrected chi connectivity index (χ4v) is 6.49. The van der Waals surface area contributed by atoms with Crippen LogP contribution in [-0.4, -0.2) is 84.8 Å². The topological polar surface area (TPSA) is 96.2 Å². The first kappa shape index (κ1) is 27.8. The molecule has 6 rings (SSSR count). The quantitative estimate of drug-likeness (QED) is 0.445. The van der Waals surface area contributed by atoms with Crippen molar-refractivity contribution >= 4 is 28.1 Å². The van der Waals surface area contributed by atoms with E-state index in [1.54, 1.807) is 12.1 Å². The van der Waals surface area contributed by atoms with Gasteiger partial charge in [-0.25, -0.2) is 9.37 Å². The molecule has 1 unspecified atom stereocenters. The van der Waals surface area contributed by atoms with Crippen molar-refractivity contribution in [3.63, 3.8) is 0 Å². The molecule has 1 N–H and O–H groups in total. The van der Waals surface area contributed by atoms with Gasteiger partial charge in [-0.15, -0.1) is 0 Å². The zero-order valence-corrected chi connectivity index (χ0v) is 23.9. The SMILES string of the molecule is C=C(F)C(=O)N1CCN(c2c(C#N)c(OCC3CCCN3C)nc3c2CCN(c2cccc4cc(O)ccc24)C3)CC1. The molecule has 9 nitrogen and oxygen atoms in total. The van der Waals surface area contributed by atoms with Crippen molar-refractivity contribution in [2.24, 2.45) is 0 Å². The normalized spacial score (nSPS) is 19.1. The molecule has 1 amide bonds. The van der Waals surface area contributed by atoms with Crippen LogP contribution in [0.1, 0.15) is 29.7 Å². The van der Waals surface area contributed by atoms with Crippen LogP contribution in [0.25, 0.3) is 10.8 Å². The van der Waals surface area contributed by atoms with Gasteiger partial charge in [0.2, 0.25) is 5.88 Å². The van der Waals surface area contributed by atoms with E-state index in [1.165, 1.54) is 4.90 Å². The first-order valence-corrected chi connectivity index (χ1v) is 14.5. The van der Waals surface area contributed by atoms with Gasteiger partial charge >= 0.3 is 0 Å². The van der Waals surface area contributed by atoms with E-state index in [0.717, 1.165) is 59.3 Å². The van der Waals surface area contributed by atoms with E-state index in [2.05, 4.69) is 40.5 Å². The van der Waals surface area contributed by atoms with Crippen molar-refractivity contribution in [1.82, 2.24) is 14.8 Å². The minimum absolute atomic E-state index is 0.228. The molecule has 3 aromatic rings. The highest BCUT2D eigenvalue weighted by molar-refractivity contribution is 5.95. The predicted octanol–water partition coefficient (Wildman–Crippen LogP) is 3.98. The Morgan fingerprint density at radius 3 is 2.69 bits per heavy atom. The number of fused-ring (bicyclic) bond motifs is 2. The Morgan fingerprint density at radius 2 is 1.98 bits per heavy atom. The van der Waals surface area contributed by atoms with E-state index in [4.69, 9.17) is 9.72 Å². The number of anilines is 2. The van der Waals surface area contributed by atoms with Crippen molar-refractivity contribution in [3.05, 3.63) is 65.6 Å². The number of aromatic hydroxyl groups is 1. The molecule has 4 heterocycles. The lowest BCUT2D eigenvalue weighted by molar-refractivity contribution is -0.128. The van der Waals surface area contributed by atoms with Crippen molar-refractivity contribution < 1.29 is 19.0 Å². The summed E-state index contributed by atoms with van der Waals surface area (Å²) >= 11 is 0.